The molecule has 10 heteroatoms. The number of H-pyrrole nitrogens is 1. The zero-order chi connectivity index (χ0) is 21.5. The second kappa shape index (κ2) is 7.29. The highest BCUT2D eigenvalue weighted by molar-refractivity contribution is 7.91. The van der Waals surface area contributed by atoms with Crippen molar-refractivity contribution in [3.8, 4) is 0 Å². The van der Waals surface area contributed by atoms with Gasteiger partial charge >= 0.3 is 0 Å². The smallest absolute Gasteiger partial charge is 0.246 e. The van der Waals surface area contributed by atoms with Gasteiger partial charge in [0.2, 0.25) is 24.8 Å². The molecule has 3 aromatic heterocycles. The van der Waals surface area contributed by atoms with Crippen LogP contribution in [0.4, 0.5) is 0 Å². The maximum atomic E-state index is 13.4. The lowest BCUT2D eigenvalue weighted by Gasteiger charge is -2.11. The Bertz CT molecular complexity index is 1440. The molecule has 0 spiro atoms. The lowest BCUT2D eigenvalue weighted by Crippen LogP contribution is -2.07. The molecule has 0 amide bonds. The summed E-state index contributed by atoms with van der Waals surface area (Å²) in [6.07, 6.45) is 7.44. The number of aryl methyl sites for hydroxylation is 1. The van der Waals surface area contributed by atoms with Crippen LogP contribution in [0, 0.1) is 6.92 Å². The van der Waals surface area contributed by atoms with Gasteiger partial charge in [0.15, 0.2) is 0 Å². The molecule has 0 atom stereocenters. The molecule has 154 valence electrons. The second-order valence-corrected chi connectivity index (χ2v) is 10.7. The van der Waals surface area contributed by atoms with E-state index in [4.69, 9.17) is 0 Å². The molecule has 1 N–H and O–H groups in total. The Morgan fingerprint density at radius 3 is 2.23 bits per heavy atom. The lowest BCUT2D eigenvalue weighted by molar-refractivity contribution is 0.592. The Morgan fingerprint density at radius 1 is 0.933 bits per heavy atom. The summed E-state index contributed by atoms with van der Waals surface area (Å²) in [5.74, 6) is 0. The van der Waals surface area contributed by atoms with E-state index in [-0.39, 0.29) is 14.9 Å². The third-order valence-electron chi connectivity index (χ3n) is 4.64. The normalized spacial score (nSPS) is 12.3. The molecule has 0 bridgehead atoms. The number of rotatable bonds is 5. The lowest BCUT2D eigenvalue weighted by atomic mass is 10.1. The predicted molar refractivity (Wildman–Crippen MR) is 111 cm³/mol. The van der Waals surface area contributed by atoms with Crippen molar-refractivity contribution in [2.75, 3.05) is 6.26 Å². The Labute approximate surface area is 173 Å². The van der Waals surface area contributed by atoms with Crippen LogP contribution in [0.2, 0.25) is 0 Å². The molecule has 0 saturated heterocycles. The predicted octanol–water partition coefficient (Wildman–Crippen LogP) is 2.49. The topological polar surface area (TPSA) is 123 Å². The van der Waals surface area contributed by atoms with Crippen molar-refractivity contribution in [1.29, 1.82) is 0 Å². The fourth-order valence-electron chi connectivity index (χ4n) is 3.27. The monoisotopic (exact) mass is 442 g/mol. The van der Waals surface area contributed by atoms with E-state index in [0.29, 0.717) is 34.1 Å². The van der Waals surface area contributed by atoms with Crippen LogP contribution in [-0.2, 0) is 26.1 Å². The van der Waals surface area contributed by atoms with E-state index in [1.54, 1.807) is 43.5 Å². The van der Waals surface area contributed by atoms with E-state index in [1.807, 2.05) is 0 Å². The summed E-state index contributed by atoms with van der Waals surface area (Å²) >= 11 is 0. The molecule has 4 rings (SSSR count). The molecule has 0 aliphatic heterocycles. The zero-order valence-corrected chi connectivity index (χ0v) is 17.8. The van der Waals surface area contributed by atoms with E-state index in [9.17, 15) is 16.8 Å². The van der Waals surface area contributed by atoms with Gasteiger partial charge in [-0.25, -0.2) is 31.8 Å². The zero-order valence-electron chi connectivity index (χ0n) is 16.2. The average molecular weight is 443 g/mol. The minimum Gasteiger partial charge on any atom is -0.346 e. The molecular formula is C20H18N4O4S2. The maximum Gasteiger partial charge on any atom is 0.246 e. The Kier molecular flexibility index (Phi) is 4.91. The number of nitrogens with one attached hydrogen (secondary N) is 1. The number of aromatic nitrogens is 4. The van der Waals surface area contributed by atoms with Gasteiger partial charge in [0, 0.05) is 42.9 Å². The first-order valence-corrected chi connectivity index (χ1v) is 12.3. The fraction of sp³-hybridized carbons (Fsp3) is 0.150. The summed E-state index contributed by atoms with van der Waals surface area (Å²) in [6, 6.07) is 8.24. The van der Waals surface area contributed by atoms with Gasteiger partial charge in [-0.2, -0.15) is 0 Å². The Balaban J connectivity index is 1.85. The van der Waals surface area contributed by atoms with Gasteiger partial charge in [-0.15, -0.1) is 0 Å². The van der Waals surface area contributed by atoms with Crippen LogP contribution in [0.25, 0.3) is 11.0 Å². The highest BCUT2D eigenvalue weighted by Gasteiger charge is 2.25. The SMILES string of the molecule is Cc1cnc2[nH]cc(Cc3cnc(S(C)(=O)=O)nc3)c2c1S(=O)(=O)c1ccccc1. The fourth-order valence-corrected chi connectivity index (χ4v) is 5.49. The van der Waals surface area contributed by atoms with E-state index in [0.717, 1.165) is 6.26 Å². The maximum absolute atomic E-state index is 13.4. The third kappa shape index (κ3) is 3.59. The second-order valence-electron chi connectivity index (χ2n) is 6.95. The van der Waals surface area contributed by atoms with Crippen LogP contribution in [0.1, 0.15) is 16.7 Å². The van der Waals surface area contributed by atoms with E-state index in [1.165, 1.54) is 18.6 Å². The minimum absolute atomic E-state index is 0.198. The van der Waals surface area contributed by atoms with Crippen LogP contribution in [0.15, 0.2) is 70.1 Å². The highest BCUT2D eigenvalue weighted by Crippen LogP contribution is 2.33. The number of benzene rings is 1. The first-order valence-electron chi connectivity index (χ1n) is 8.94. The summed E-state index contributed by atoms with van der Waals surface area (Å²) in [6.45, 7) is 1.71. The first-order chi connectivity index (χ1) is 14.2. The van der Waals surface area contributed by atoms with Crippen molar-refractivity contribution in [1.82, 2.24) is 19.9 Å². The average Bonchev–Trinajstić information content (AvgIpc) is 3.10. The summed E-state index contributed by atoms with van der Waals surface area (Å²) in [4.78, 5) is 15.6. The van der Waals surface area contributed by atoms with Crippen molar-refractivity contribution >= 4 is 30.7 Å². The van der Waals surface area contributed by atoms with Gasteiger partial charge in [0.25, 0.3) is 0 Å². The number of pyridine rings is 1. The Morgan fingerprint density at radius 2 is 1.60 bits per heavy atom. The molecule has 30 heavy (non-hydrogen) atoms. The van der Waals surface area contributed by atoms with Gasteiger partial charge in [-0.3, -0.25) is 0 Å². The van der Waals surface area contributed by atoms with Crippen molar-refractivity contribution in [2.45, 2.75) is 28.3 Å². The molecule has 0 radical (unpaired) electrons. The molecular weight excluding hydrogens is 424 g/mol. The van der Waals surface area contributed by atoms with Crippen LogP contribution < -0.4 is 0 Å². The summed E-state index contributed by atoms with van der Waals surface area (Å²) < 4.78 is 49.9. The van der Waals surface area contributed by atoms with E-state index >= 15 is 0 Å². The van der Waals surface area contributed by atoms with Crippen LogP contribution in [0.3, 0.4) is 0 Å². The van der Waals surface area contributed by atoms with E-state index in [2.05, 4.69) is 19.9 Å². The van der Waals surface area contributed by atoms with Gasteiger partial charge in [-0.05, 0) is 35.7 Å². The number of sulfone groups is 2. The Hall–Kier alpha value is -3.11. The van der Waals surface area contributed by atoms with Crippen LogP contribution >= 0.6 is 0 Å². The van der Waals surface area contributed by atoms with Crippen molar-refractivity contribution in [3.63, 3.8) is 0 Å². The number of fused-ring (bicyclic) bond motifs is 1. The minimum atomic E-state index is -3.78. The summed E-state index contributed by atoms with van der Waals surface area (Å²) in [5, 5.41) is 0.251. The number of hydrogen-bond acceptors (Lipinski definition) is 7. The molecule has 0 aliphatic rings. The third-order valence-corrected chi connectivity index (χ3v) is 7.47. The van der Waals surface area contributed by atoms with Gasteiger partial charge < -0.3 is 4.98 Å². The van der Waals surface area contributed by atoms with Crippen molar-refractivity contribution in [3.05, 3.63) is 71.8 Å². The molecule has 0 aliphatic carbocycles. The molecule has 8 nitrogen and oxygen atoms in total. The molecule has 1 aromatic carbocycles. The standard InChI is InChI=1S/C20H18N4O4S2/c1-13-9-21-19-17(18(13)30(27,28)16-6-4-3-5-7-16)15(12-22-19)8-14-10-23-20(24-11-14)29(2,25)26/h3-7,9-12H,8H2,1-2H3,(H,21,22). The first kappa shape index (κ1) is 20.2. The van der Waals surface area contributed by atoms with Gasteiger partial charge in [-0.1, -0.05) is 18.2 Å². The number of hydrogen-bond donors (Lipinski definition) is 1. The highest BCUT2D eigenvalue weighted by atomic mass is 32.2. The molecule has 0 saturated carbocycles. The molecule has 4 aromatic rings. The molecule has 3 heterocycles. The van der Waals surface area contributed by atoms with Crippen LogP contribution in [0.5, 0.6) is 0 Å². The van der Waals surface area contributed by atoms with E-state index < -0.39 is 19.7 Å². The van der Waals surface area contributed by atoms with Gasteiger partial charge in [0.1, 0.15) is 5.65 Å². The summed E-state index contributed by atoms with van der Waals surface area (Å²) in [7, 11) is -7.27. The largest absolute Gasteiger partial charge is 0.346 e. The number of nitrogens with zero attached hydrogens (tertiary/aromatic N) is 3. The van der Waals surface area contributed by atoms with Gasteiger partial charge in [0.05, 0.1) is 9.79 Å². The van der Waals surface area contributed by atoms with Crippen molar-refractivity contribution in [2.24, 2.45) is 0 Å². The molecule has 0 fully saturated rings. The van der Waals surface area contributed by atoms with Crippen LogP contribution in [-0.4, -0.2) is 43.0 Å². The molecule has 0 unspecified atom stereocenters. The summed E-state index contributed by atoms with van der Waals surface area (Å²) in [5.41, 5.74) is 2.34. The quantitative estimate of drug-likeness (QED) is 0.471. The van der Waals surface area contributed by atoms with Crippen molar-refractivity contribution < 1.29 is 16.8 Å². The number of aromatic amines is 1.